The first-order valence-electron chi connectivity index (χ1n) is 6.82. The van der Waals surface area contributed by atoms with Gasteiger partial charge in [-0.2, -0.15) is 0 Å². The molecule has 2 heterocycles. The lowest BCUT2D eigenvalue weighted by molar-refractivity contribution is -0.131. The van der Waals surface area contributed by atoms with Gasteiger partial charge in [-0.05, 0) is 24.1 Å². The molecule has 1 aromatic heterocycles. The number of aromatic amines is 1. The van der Waals surface area contributed by atoms with Crippen molar-refractivity contribution in [3.05, 3.63) is 34.3 Å². The standard InChI is InChI=1S/C14H17N3O3/c18-13(17-7-5-15-6-8-17)4-2-10-1-3-11-12(9-10)20-14(19)16-11/h1,3,9,15H,2,4-8H2,(H,16,19). The number of fused-ring (bicyclic) bond motifs is 1. The van der Waals surface area contributed by atoms with Crippen molar-refractivity contribution in [2.75, 3.05) is 26.2 Å². The summed E-state index contributed by atoms with van der Waals surface area (Å²) < 4.78 is 5.02. The lowest BCUT2D eigenvalue weighted by Crippen LogP contribution is -2.46. The number of aromatic nitrogens is 1. The maximum Gasteiger partial charge on any atom is 0.417 e. The van der Waals surface area contributed by atoms with Gasteiger partial charge in [0.2, 0.25) is 5.91 Å². The van der Waals surface area contributed by atoms with Crippen molar-refractivity contribution >= 4 is 17.0 Å². The Hall–Kier alpha value is -2.08. The smallest absolute Gasteiger partial charge is 0.408 e. The van der Waals surface area contributed by atoms with Crippen LogP contribution in [0.3, 0.4) is 0 Å². The number of hydrogen-bond donors (Lipinski definition) is 2. The van der Waals surface area contributed by atoms with E-state index in [4.69, 9.17) is 4.42 Å². The molecule has 0 bridgehead atoms. The highest BCUT2D eigenvalue weighted by Gasteiger charge is 2.15. The molecule has 0 spiro atoms. The maximum atomic E-state index is 12.1. The van der Waals surface area contributed by atoms with Gasteiger partial charge in [-0.1, -0.05) is 6.07 Å². The van der Waals surface area contributed by atoms with Crippen LogP contribution < -0.4 is 11.1 Å². The van der Waals surface area contributed by atoms with Crippen molar-refractivity contribution in [2.45, 2.75) is 12.8 Å². The SMILES string of the molecule is O=C(CCc1ccc2[nH]c(=O)oc2c1)N1CCNCC1. The van der Waals surface area contributed by atoms with E-state index in [0.29, 0.717) is 23.9 Å². The Morgan fingerprint density at radius 3 is 2.90 bits per heavy atom. The second-order valence-electron chi connectivity index (χ2n) is 4.98. The summed E-state index contributed by atoms with van der Waals surface area (Å²) in [7, 11) is 0. The predicted octanol–water partition coefficient (Wildman–Crippen LogP) is 0.485. The molecule has 1 aromatic carbocycles. The molecule has 0 atom stereocenters. The summed E-state index contributed by atoms with van der Waals surface area (Å²) in [5, 5.41) is 3.23. The van der Waals surface area contributed by atoms with Crippen LogP contribution in [0.25, 0.3) is 11.1 Å². The summed E-state index contributed by atoms with van der Waals surface area (Å²) in [5.74, 6) is -0.267. The average molecular weight is 275 g/mol. The van der Waals surface area contributed by atoms with E-state index in [0.717, 1.165) is 31.7 Å². The highest BCUT2D eigenvalue weighted by molar-refractivity contribution is 5.77. The Bertz CT molecular complexity index is 668. The number of nitrogens with zero attached hydrogens (tertiary/aromatic N) is 1. The molecular formula is C14H17N3O3. The van der Waals surface area contributed by atoms with Crippen LogP contribution in [0.4, 0.5) is 0 Å². The van der Waals surface area contributed by atoms with Crippen LogP contribution in [-0.4, -0.2) is 42.0 Å². The first kappa shape index (κ1) is 12.9. The number of amides is 1. The minimum Gasteiger partial charge on any atom is -0.408 e. The van der Waals surface area contributed by atoms with E-state index in [1.54, 1.807) is 0 Å². The molecule has 2 N–H and O–H groups in total. The molecule has 6 nitrogen and oxygen atoms in total. The van der Waals surface area contributed by atoms with Gasteiger partial charge in [0.15, 0.2) is 5.58 Å². The molecule has 1 aliphatic rings. The molecule has 0 radical (unpaired) electrons. The Balaban J connectivity index is 1.64. The van der Waals surface area contributed by atoms with E-state index >= 15 is 0 Å². The third kappa shape index (κ3) is 2.75. The summed E-state index contributed by atoms with van der Waals surface area (Å²) in [6.45, 7) is 3.30. The van der Waals surface area contributed by atoms with Gasteiger partial charge in [0.25, 0.3) is 0 Å². The molecule has 1 saturated heterocycles. The monoisotopic (exact) mass is 275 g/mol. The summed E-state index contributed by atoms with van der Waals surface area (Å²) in [6, 6.07) is 5.54. The van der Waals surface area contributed by atoms with E-state index in [9.17, 15) is 9.59 Å². The summed E-state index contributed by atoms with van der Waals surface area (Å²) in [6.07, 6.45) is 1.15. The Labute approximate surface area is 115 Å². The number of carbonyl (C=O) groups is 1. The zero-order chi connectivity index (χ0) is 13.9. The van der Waals surface area contributed by atoms with E-state index < -0.39 is 5.76 Å². The molecular weight excluding hydrogens is 258 g/mol. The van der Waals surface area contributed by atoms with Crippen molar-refractivity contribution < 1.29 is 9.21 Å². The average Bonchev–Trinajstić information content (AvgIpc) is 2.85. The third-order valence-corrected chi connectivity index (χ3v) is 3.58. The molecule has 3 rings (SSSR count). The van der Waals surface area contributed by atoms with Crippen LogP contribution in [0.1, 0.15) is 12.0 Å². The number of H-pyrrole nitrogens is 1. The number of aryl methyl sites for hydroxylation is 1. The number of carbonyl (C=O) groups excluding carboxylic acids is 1. The minimum atomic E-state index is -0.450. The zero-order valence-electron chi connectivity index (χ0n) is 11.1. The van der Waals surface area contributed by atoms with Crippen LogP contribution >= 0.6 is 0 Å². The van der Waals surface area contributed by atoms with Crippen molar-refractivity contribution in [2.24, 2.45) is 0 Å². The maximum absolute atomic E-state index is 12.1. The molecule has 106 valence electrons. The van der Waals surface area contributed by atoms with Crippen molar-refractivity contribution in [3.8, 4) is 0 Å². The Morgan fingerprint density at radius 1 is 1.30 bits per heavy atom. The van der Waals surface area contributed by atoms with Crippen molar-refractivity contribution in [3.63, 3.8) is 0 Å². The first-order valence-corrected chi connectivity index (χ1v) is 6.82. The largest absolute Gasteiger partial charge is 0.417 e. The normalized spacial score (nSPS) is 15.7. The highest BCUT2D eigenvalue weighted by Crippen LogP contribution is 2.14. The van der Waals surface area contributed by atoms with Crippen LogP contribution in [-0.2, 0) is 11.2 Å². The summed E-state index contributed by atoms with van der Waals surface area (Å²) >= 11 is 0. The fourth-order valence-electron chi connectivity index (χ4n) is 2.47. The highest BCUT2D eigenvalue weighted by atomic mass is 16.4. The lowest BCUT2D eigenvalue weighted by atomic mass is 10.1. The molecule has 2 aromatic rings. The minimum absolute atomic E-state index is 0.183. The number of rotatable bonds is 3. The quantitative estimate of drug-likeness (QED) is 0.854. The van der Waals surface area contributed by atoms with Crippen molar-refractivity contribution in [1.29, 1.82) is 0 Å². The van der Waals surface area contributed by atoms with Gasteiger partial charge in [-0.3, -0.25) is 9.78 Å². The fraction of sp³-hybridized carbons (Fsp3) is 0.429. The number of hydrogen-bond acceptors (Lipinski definition) is 4. The fourth-order valence-corrected chi connectivity index (χ4v) is 2.47. The van der Waals surface area contributed by atoms with E-state index in [2.05, 4.69) is 10.3 Å². The summed E-state index contributed by atoms with van der Waals surface area (Å²) in [5.41, 5.74) is 2.23. The number of oxazole rings is 1. The van der Waals surface area contributed by atoms with Gasteiger partial charge in [0.1, 0.15) is 0 Å². The van der Waals surface area contributed by atoms with Gasteiger partial charge in [-0.25, -0.2) is 4.79 Å². The number of benzene rings is 1. The van der Waals surface area contributed by atoms with Crippen LogP contribution in [0.5, 0.6) is 0 Å². The van der Waals surface area contributed by atoms with E-state index in [1.807, 2.05) is 23.1 Å². The molecule has 0 saturated carbocycles. The third-order valence-electron chi connectivity index (χ3n) is 3.58. The molecule has 1 aliphatic heterocycles. The van der Waals surface area contributed by atoms with E-state index in [1.165, 1.54) is 0 Å². The van der Waals surface area contributed by atoms with Gasteiger partial charge >= 0.3 is 5.76 Å². The van der Waals surface area contributed by atoms with Crippen LogP contribution in [0.15, 0.2) is 27.4 Å². The van der Waals surface area contributed by atoms with Crippen LogP contribution in [0, 0.1) is 0 Å². The zero-order valence-corrected chi connectivity index (χ0v) is 11.1. The Morgan fingerprint density at radius 2 is 2.10 bits per heavy atom. The second-order valence-corrected chi connectivity index (χ2v) is 4.98. The molecule has 0 aliphatic carbocycles. The molecule has 0 unspecified atom stereocenters. The van der Waals surface area contributed by atoms with Gasteiger partial charge in [-0.15, -0.1) is 0 Å². The number of piperazine rings is 1. The molecule has 1 amide bonds. The summed E-state index contributed by atoms with van der Waals surface area (Å²) in [4.78, 5) is 27.6. The van der Waals surface area contributed by atoms with E-state index in [-0.39, 0.29) is 5.91 Å². The lowest BCUT2D eigenvalue weighted by Gasteiger charge is -2.27. The topological polar surface area (TPSA) is 78.3 Å². The van der Waals surface area contributed by atoms with Gasteiger partial charge in [0, 0.05) is 32.6 Å². The molecule has 1 fully saturated rings. The van der Waals surface area contributed by atoms with Crippen LogP contribution in [0.2, 0.25) is 0 Å². The predicted molar refractivity (Wildman–Crippen MR) is 74.6 cm³/mol. The number of nitrogens with one attached hydrogen (secondary N) is 2. The second kappa shape index (κ2) is 5.50. The first-order chi connectivity index (χ1) is 9.72. The van der Waals surface area contributed by atoms with Gasteiger partial charge in [0.05, 0.1) is 5.52 Å². The van der Waals surface area contributed by atoms with Gasteiger partial charge < -0.3 is 14.6 Å². The molecule has 20 heavy (non-hydrogen) atoms. The van der Waals surface area contributed by atoms with Crippen molar-refractivity contribution in [1.82, 2.24) is 15.2 Å². The Kier molecular flexibility index (Phi) is 3.56. The molecule has 6 heteroatoms.